The number of carbonyl (C=O) groups excluding carboxylic acids is 3. The summed E-state index contributed by atoms with van der Waals surface area (Å²) in [6.45, 7) is 1.66. The summed E-state index contributed by atoms with van der Waals surface area (Å²) < 4.78 is 10.5. The lowest BCUT2D eigenvalue weighted by molar-refractivity contribution is -0.136. The highest BCUT2D eigenvalue weighted by molar-refractivity contribution is 6.41. The number of halogens is 1. The molecule has 0 aromatic heterocycles. The largest absolute Gasteiger partial charge is 0.497 e. The highest BCUT2D eigenvalue weighted by Crippen LogP contribution is 2.20. The number of benzene rings is 3. The summed E-state index contributed by atoms with van der Waals surface area (Å²) in [6, 6.07) is 19.7. The molecule has 33 heavy (non-hydrogen) atoms. The molecule has 0 spiro atoms. The van der Waals surface area contributed by atoms with Crippen molar-refractivity contribution >= 4 is 40.8 Å². The van der Waals surface area contributed by atoms with Crippen LogP contribution >= 0.6 is 11.6 Å². The first kappa shape index (κ1) is 23.5. The van der Waals surface area contributed by atoms with Gasteiger partial charge in [-0.15, -0.1) is 0 Å². The minimum atomic E-state index is -0.946. The number of amides is 2. The highest BCUT2D eigenvalue weighted by Gasteiger charge is 2.15. The molecule has 3 rings (SSSR count). The first-order chi connectivity index (χ1) is 15.9. The lowest BCUT2D eigenvalue weighted by Crippen LogP contribution is -2.33. The first-order valence-electron chi connectivity index (χ1n) is 9.74. The molecule has 168 valence electrons. The SMILES string of the molecule is COc1cccc(C(=O)Oc2ccc(/C(C)=N/NC(=O)C(=O)Nc3ccccc3Cl)cc2)c1. The zero-order valence-electron chi connectivity index (χ0n) is 17.8. The third-order valence-corrected chi connectivity index (χ3v) is 4.77. The zero-order valence-corrected chi connectivity index (χ0v) is 18.6. The Morgan fingerprint density at radius 3 is 2.27 bits per heavy atom. The van der Waals surface area contributed by atoms with E-state index in [1.165, 1.54) is 7.11 Å². The van der Waals surface area contributed by atoms with E-state index in [0.717, 1.165) is 0 Å². The topological polar surface area (TPSA) is 106 Å². The summed E-state index contributed by atoms with van der Waals surface area (Å²) in [4.78, 5) is 36.3. The van der Waals surface area contributed by atoms with Crippen LogP contribution in [0.4, 0.5) is 5.69 Å². The summed E-state index contributed by atoms with van der Waals surface area (Å²) in [5.41, 5.74) is 3.97. The number of hydrazone groups is 1. The average molecular weight is 466 g/mol. The quantitative estimate of drug-likeness (QED) is 0.188. The van der Waals surface area contributed by atoms with Crippen LogP contribution in [0.25, 0.3) is 0 Å². The lowest BCUT2D eigenvalue weighted by Gasteiger charge is -2.08. The predicted octanol–water partition coefficient (Wildman–Crippen LogP) is 4.05. The average Bonchev–Trinajstić information content (AvgIpc) is 2.84. The fourth-order valence-corrected chi connectivity index (χ4v) is 2.85. The standard InChI is InChI=1S/C24H20ClN3O5/c1-15(27-28-23(30)22(29)26-21-9-4-3-8-20(21)25)16-10-12-18(13-11-16)33-24(31)17-6-5-7-19(14-17)32-2/h3-14H,1-2H3,(H,26,29)(H,28,30)/b27-15+. The van der Waals surface area contributed by atoms with E-state index >= 15 is 0 Å². The minimum Gasteiger partial charge on any atom is -0.497 e. The lowest BCUT2D eigenvalue weighted by atomic mass is 10.1. The van der Waals surface area contributed by atoms with Crippen molar-refractivity contribution in [1.82, 2.24) is 5.43 Å². The predicted molar refractivity (Wildman–Crippen MR) is 125 cm³/mol. The van der Waals surface area contributed by atoms with Gasteiger partial charge in [-0.25, -0.2) is 10.2 Å². The molecular formula is C24H20ClN3O5. The maximum Gasteiger partial charge on any atom is 0.343 e. The van der Waals surface area contributed by atoms with Crippen LogP contribution in [0.3, 0.4) is 0 Å². The van der Waals surface area contributed by atoms with Crippen molar-refractivity contribution in [3.63, 3.8) is 0 Å². The van der Waals surface area contributed by atoms with E-state index in [2.05, 4.69) is 15.8 Å². The van der Waals surface area contributed by atoms with Gasteiger partial charge in [0.1, 0.15) is 11.5 Å². The molecule has 0 aliphatic rings. The van der Waals surface area contributed by atoms with E-state index in [1.807, 2.05) is 0 Å². The molecule has 0 saturated carbocycles. The highest BCUT2D eigenvalue weighted by atomic mass is 35.5. The van der Waals surface area contributed by atoms with Crippen molar-refractivity contribution in [2.75, 3.05) is 12.4 Å². The molecule has 8 nitrogen and oxygen atoms in total. The van der Waals surface area contributed by atoms with Crippen molar-refractivity contribution in [3.8, 4) is 11.5 Å². The van der Waals surface area contributed by atoms with Crippen molar-refractivity contribution < 1.29 is 23.9 Å². The Kier molecular flexibility index (Phi) is 7.77. The minimum absolute atomic E-state index is 0.311. The molecule has 0 heterocycles. The van der Waals surface area contributed by atoms with Gasteiger partial charge in [-0.3, -0.25) is 9.59 Å². The Morgan fingerprint density at radius 1 is 0.848 bits per heavy atom. The number of carbonyl (C=O) groups is 3. The molecule has 0 saturated heterocycles. The molecule has 3 aromatic rings. The first-order valence-corrected chi connectivity index (χ1v) is 10.1. The molecule has 2 amide bonds. The fourth-order valence-electron chi connectivity index (χ4n) is 2.67. The van der Waals surface area contributed by atoms with Crippen LogP contribution in [0, 0.1) is 0 Å². The van der Waals surface area contributed by atoms with Crippen molar-refractivity contribution in [3.05, 3.63) is 88.9 Å². The summed E-state index contributed by atoms with van der Waals surface area (Å²) in [5.74, 6) is -1.49. The second-order valence-corrected chi connectivity index (χ2v) is 7.13. The van der Waals surface area contributed by atoms with E-state index < -0.39 is 17.8 Å². The van der Waals surface area contributed by atoms with Gasteiger partial charge in [0, 0.05) is 0 Å². The summed E-state index contributed by atoms with van der Waals surface area (Å²) in [5, 5.41) is 6.66. The Morgan fingerprint density at radius 2 is 1.58 bits per heavy atom. The molecule has 0 unspecified atom stereocenters. The van der Waals surface area contributed by atoms with Gasteiger partial charge in [0.05, 0.1) is 29.1 Å². The van der Waals surface area contributed by atoms with Crippen LogP contribution in [0.2, 0.25) is 5.02 Å². The van der Waals surface area contributed by atoms with Gasteiger partial charge in [-0.1, -0.05) is 29.8 Å². The second kappa shape index (κ2) is 10.9. The monoisotopic (exact) mass is 465 g/mol. The van der Waals surface area contributed by atoms with Gasteiger partial charge < -0.3 is 14.8 Å². The summed E-state index contributed by atoms with van der Waals surface area (Å²) in [7, 11) is 1.51. The van der Waals surface area contributed by atoms with Gasteiger partial charge in [-0.2, -0.15) is 5.10 Å². The van der Waals surface area contributed by atoms with Crippen molar-refractivity contribution in [2.45, 2.75) is 6.92 Å². The number of hydrogen-bond donors (Lipinski definition) is 2. The third kappa shape index (κ3) is 6.41. The van der Waals surface area contributed by atoms with E-state index in [9.17, 15) is 14.4 Å². The van der Waals surface area contributed by atoms with E-state index in [4.69, 9.17) is 21.1 Å². The smallest absolute Gasteiger partial charge is 0.343 e. The Bertz CT molecular complexity index is 1210. The molecular weight excluding hydrogens is 446 g/mol. The van der Waals surface area contributed by atoms with Crippen LogP contribution in [0.1, 0.15) is 22.8 Å². The number of hydrogen-bond acceptors (Lipinski definition) is 6. The van der Waals surface area contributed by atoms with E-state index in [-0.39, 0.29) is 0 Å². The van der Waals surface area contributed by atoms with Crippen LogP contribution in [0.5, 0.6) is 11.5 Å². The number of nitrogens with one attached hydrogen (secondary N) is 2. The van der Waals surface area contributed by atoms with Crippen molar-refractivity contribution in [1.29, 1.82) is 0 Å². The molecule has 0 aliphatic carbocycles. The van der Waals surface area contributed by atoms with Gasteiger partial charge in [0.2, 0.25) is 0 Å². The number of rotatable bonds is 6. The Hall–Kier alpha value is -4.17. The number of ether oxygens (including phenoxy) is 2. The number of methoxy groups -OCH3 is 1. The Labute approximate surface area is 195 Å². The summed E-state index contributed by atoms with van der Waals surface area (Å²) >= 11 is 5.96. The van der Waals surface area contributed by atoms with Crippen LogP contribution in [-0.2, 0) is 9.59 Å². The fraction of sp³-hybridized carbons (Fsp3) is 0.0833. The van der Waals surface area contributed by atoms with E-state index in [1.54, 1.807) is 79.7 Å². The maximum atomic E-state index is 12.3. The molecule has 0 fully saturated rings. The number of esters is 1. The number of para-hydroxylation sites is 1. The third-order valence-electron chi connectivity index (χ3n) is 4.44. The van der Waals surface area contributed by atoms with Crippen LogP contribution < -0.4 is 20.2 Å². The number of nitrogens with zero attached hydrogens (tertiary/aromatic N) is 1. The Balaban J connectivity index is 1.58. The van der Waals surface area contributed by atoms with Gasteiger partial charge in [0.25, 0.3) is 0 Å². The molecule has 0 radical (unpaired) electrons. The molecule has 0 aliphatic heterocycles. The molecule has 2 N–H and O–H groups in total. The second-order valence-electron chi connectivity index (χ2n) is 6.72. The van der Waals surface area contributed by atoms with Crippen LogP contribution in [0.15, 0.2) is 77.9 Å². The van der Waals surface area contributed by atoms with Gasteiger partial charge in [0.15, 0.2) is 0 Å². The van der Waals surface area contributed by atoms with Gasteiger partial charge in [-0.05, 0) is 67.1 Å². The molecule has 9 heteroatoms. The number of anilines is 1. The van der Waals surface area contributed by atoms with Crippen LogP contribution in [-0.4, -0.2) is 30.6 Å². The molecule has 0 bridgehead atoms. The summed E-state index contributed by atoms with van der Waals surface area (Å²) in [6.07, 6.45) is 0. The van der Waals surface area contributed by atoms with E-state index in [0.29, 0.717) is 39.0 Å². The van der Waals surface area contributed by atoms with Crippen molar-refractivity contribution in [2.24, 2.45) is 5.10 Å². The molecule has 0 atom stereocenters. The maximum absolute atomic E-state index is 12.3. The van der Waals surface area contributed by atoms with Gasteiger partial charge >= 0.3 is 17.8 Å². The zero-order chi connectivity index (χ0) is 23.8. The normalized spacial score (nSPS) is 10.8. The molecule has 3 aromatic carbocycles.